The van der Waals surface area contributed by atoms with E-state index in [0.29, 0.717) is 27.7 Å². The normalized spacial score (nSPS) is 16.0. The molecule has 1 aromatic carbocycles. The summed E-state index contributed by atoms with van der Waals surface area (Å²) in [5.41, 5.74) is 0.723. The van der Waals surface area contributed by atoms with Crippen molar-refractivity contribution >= 4 is 23.4 Å². The van der Waals surface area contributed by atoms with Gasteiger partial charge in [0.2, 0.25) is 0 Å². The summed E-state index contributed by atoms with van der Waals surface area (Å²) in [4.78, 5) is 38.4. The first-order chi connectivity index (χ1) is 13.1. The molecule has 28 heavy (non-hydrogen) atoms. The van der Waals surface area contributed by atoms with Crippen LogP contribution in [0, 0.1) is 0 Å². The van der Waals surface area contributed by atoms with E-state index in [4.69, 9.17) is 16.3 Å². The predicted octanol–water partition coefficient (Wildman–Crippen LogP) is 2.52. The van der Waals surface area contributed by atoms with Gasteiger partial charge in [-0.05, 0) is 32.4 Å². The number of rotatable bonds is 3. The van der Waals surface area contributed by atoms with Crippen molar-refractivity contribution in [3.63, 3.8) is 0 Å². The van der Waals surface area contributed by atoms with Crippen molar-refractivity contribution in [2.75, 3.05) is 5.32 Å². The Morgan fingerprint density at radius 3 is 2.43 bits per heavy atom. The number of anilines is 1. The smallest absolute Gasteiger partial charge is 0.337 e. The number of nitrogens with one attached hydrogen (secondary N) is 1. The minimum Gasteiger partial charge on any atom is -0.460 e. The highest BCUT2D eigenvalue weighted by Crippen LogP contribution is 2.42. The van der Waals surface area contributed by atoms with E-state index in [1.807, 2.05) is 0 Å². The van der Waals surface area contributed by atoms with Crippen LogP contribution in [0.5, 0.6) is 0 Å². The lowest BCUT2D eigenvalue weighted by Crippen LogP contribution is -2.43. The maximum absolute atomic E-state index is 13.1. The monoisotopic (exact) mass is 403 g/mol. The summed E-state index contributed by atoms with van der Waals surface area (Å²) >= 11 is 6.44. The largest absolute Gasteiger partial charge is 0.460 e. The minimum absolute atomic E-state index is 0.277. The molecular formula is C20H22ClN3O4. The zero-order valence-corrected chi connectivity index (χ0v) is 17.1. The summed E-state index contributed by atoms with van der Waals surface area (Å²) in [6, 6.07) is 7.03. The molecular weight excluding hydrogens is 382 g/mol. The second-order valence-corrected chi connectivity index (χ2v) is 7.45. The molecule has 8 heteroatoms. The molecule has 2 aromatic rings. The molecule has 0 fully saturated rings. The van der Waals surface area contributed by atoms with Crippen molar-refractivity contribution in [2.45, 2.75) is 32.8 Å². The van der Waals surface area contributed by atoms with Crippen LogP contribution in [0.1, 0.15) is 37.8 Å². The maximum atomic E-state index is 13.1. The summed E-state index contributed by atoms with van der Waals surface area (Å²) in [7, 11) is 2.98. The van der Waals surface area contributed by atoms with Gasteiger partial charge in [0.15, 0.2) is 0 Å². The first-order valence-corrected chi connectivity index (χ1v) is 9.26. The SMILES string of the molecule is CC1=C(C(=O)OC(C)C)C(c2ccccc2Cl)c2c(n(C)c(=O)n(C)c2=O)N1. The summed E-state index contributed by atoms with van der Waals surface area (Å²) < 4.78 is 7.81. The van der Waals surface area contributed by atoms with E-state index in [9.17, 15) is 14.4 Å². The highest BCUT2D eigenvalue weighted by molar-refractivity contribution is 6.31. The lowest BCUT2D eigenvalue weighted by Gasteiger charge is -2.31. The van der Waals surface area contributed by atoms with Gasteiger partial charge < -0.3 is 10.1 Å². The van der Waals surface area contributed by atoms with Crippen molar-refractivity contribution in [3.8, 4) is 0 Å². The van der Waals surface area contributed by atoms with Crippen molar-refractivity contribution < 1.29 is 9.53 Å². The average molecular weight is 404 g/mol. The van der Waals surface area contributed by atoms with Crippen LogP contribution < -0.4 is 16.6 Å². The van der Waals surface area contributed by atoms with Gasteiger partial charge in [0.25, 0.3) is 5.56 Å². The predicted molar refractivity (Wildman–Crippen MR) is 108 cm³/mol. The molecule has 1 aromatic heterocycles. The third-order valence-electron chi connectivity index (χ3n) is 4.77. The Balaban J connectivity index is 2.39. The van der Waals surface area contributed by atoms with Crippen LogP contribution in [-0.4, -0.2) is 21.2 Å². The second-order valence-electron chi connectivity index (χ2n) is 7.04. The topological polar surface area (TPSA) is 82.3 Å². The molecule has 2 heterocycles. The van der Waals surface area contributed by atoms with Gasteiger partial charge in [-0.15, -0.1) is 0 Å². The first kappa shape index (κ1) is 19.9. The van der Waals surface area contributed by atoms with E-state index in [2.05, 4.69) is 5.32 Å². The van der Waals surface area contributed by atoms with Crippen molar-refractivity contribution in [2.24, 2.45) is 14.1 Å². The number of hydrogen-bond acceptors (Lipinski definition) is 5. The number of fused-ring (bicyclic) bond motifs is 1. The number of allylic oxidation sites excluding steroid dienone is 1. The molecule has 1 atom stereocenters. The van der Waals surface area contributed by atoms with E-state index in [1.165, 1.54) is 11.6 Å². The fourth-order valence-corrected chi connectivity index (χ4v) is 3.70. The summed E-state index contributed by atoms with van der Waals surface area (Å²) in [5.74, 6) is -0.954. The van der Waals surface area contributed by atoms with E-state index in [-0.39, 0.29) is 11.7 Å². The first-order valence-electron chi connectivity index (χ1n) is 8.88. The molecule has 3 rings (SSSR count). The number of carbonyl (C=O) groups is 1. The molecule has 0 saturated carbocycles. The number of nitrogens with zero attached hydrogens (tertiary/aromatic N) is 2. The third-order valence-corrected chi connectivity index (χ3v) is 5.11. The molecule has 7 nitrogen and oxygen atoms in total. The van der Waals surface area contributed by atoms with E-state index in [1.54, 1.807) is 52.1 Å². The molecule has 0 radical (unpaired) electrons. The van der Waals surface area contributed by atoms with Gasteiger partial charge in [0.05, 0.1) is 23.2 Å². The number of esters is 1. The molecule has 1 unspecified atom stereocenters. The van der Waals surface area contributed by atoms with Gasteiger partial charge >= 0.3 is 11.7 Å². The quantitative estimate of drug-likeness (QED) is 0.796. The van der Waals surface area contributed by atoms with Crippen LogP contribution in [0.15, 0.2) is 45.1 Å². The molecule has 1 aliphatic heterocycles. The maximum Gasteiger partial charge on any atom is 0.337 e. The van der Waals surface area contributed by atoms with Gasteiger partial charge in [0, 0.05) is 24.8 Å². The number of halogens is 1. The fraction of sp³-hybridized carbons (Fsp3) is 0.350. The second kappa shape index (κ2) is 7.31. The van der Waals surface area contributed by atoms with Gasteiger partial charge in [-0.25, -0.2) is 9.59 Å². The van der Waals surface area contributed by atoms with Gasteiger partial charge in [-0.1, -0.05) is 29.8 Å². The Bertz CT molecular complexity index is 1110. The highest BCUT2D eigenvalue weighted by atomic mass is 35.5. The Hall–Kier alpha value is -2.80. The molecule has 1 N–H and O–H groups in total. The number of carbonyl (C=O) groups excluding carboxylic acids is 1. The van der Waals surface area contributed by atoms with Gasteiger partial charge in [0.1, 0.15) is 5.82 Å². The minimum atomic E-state index is -0.762. The standard InChI is InChI=1S/C20H22ClN3O4/c1-10(2)28-19(26)14-11(3)22-17-16(18(25)24(5)20(27)23(17)4)15(14)12-8-6-7-9-13(12)21/h6-10,15,22H,1-5H3. The number of ether oxygens (including phenoxy) is 1. The van der Waals surface area contributed by atoms with Crippen LogP contribution >= 0.6 is 11.6 Å². The van der Waals surface area contributed by atoms with E-state index in [0.717, 1.165) is 4.57 Å². The Labute approximate surface area is 167 Å². The zero-order chi connectivity index (χ0) is 20.7. The van der Waals surface area contributed by atoms with Crippen LogP contribution in [-0.2, 0) is 23.6 Å². The zero-order valence-electron chi connectivity index (χ0n) is 16.4. The van der Waals surface area contributed by atoms with Crippen molar-refractivity contribution in [1.82, 2.24) is 9.13 Å². The summed E-state index contributed by atoms with van der Waals surface area (Å²) in [6.07, 6.45) is -0.330. The number of benzene rings is 1. The molecule has 0 saturated heterocycles. The average Bonchev–Trinajstić information content (AvgIpc) is 2.63. The molecule has 0 aliphatic carbocycles. The van der Waals surface area contributed by atoms with Crippen LogP contribution in [0.4, 0.5) is 5.82 Å². The molecule has 0 bridgehead atoms. The van der Waals surface area contributed by atoms with Crippen LogP contribution in [0.25, 0.3) is 0 Å². The summed E-state index contributed by atoms with van der Waals surface area (Å²) in [6.45, 7) is 5.22. The third kappa shape index (κ3) is 3.16. The van der Waals surface area contributed by atoms with E-state index < -0.39 is 23.1 Å². The lowest BCUT2D eigenvalue weighted by atomic mass is 9.82. The highest BCUT2D eigenvalue weighted by Gasteiger charge is 2.38. The van der Waals surface area contributed by atoms with E-state index >= 15 is 0 Å². The molecule has 1 aliphatic rings. The molecule has 0 amide bonds. The van der Waals surface area contributed by atoms with Crippen LogP contribution in [0.3, 0.4) is 0 Å². The van der Waals surface area contributed by atoms with Crippen molar-refractivity contribution in [1.29, 1.82) is 0 Å². The van der Waals surface area contributed by atoms with Crippen molar-refractivity contribution in [3.05, 3.63) is 72.5 Å². The lowest BCUT2D eigenvalue weighted by molar-refractivity contribution is -0.143. The summed E-state index contributed by atoms with van der Waals surface area (Å²) in [5, 5.41) is 3.46. The number of aromatic nitrogens is 2. The number of hydrogen-bond donors (Lipinski definition) is 1. The van der Waals surface area contributed by atoms with Gasteiger partial charge in [-0.2, -0.15) is 0 Å². The Morgan fingerprint density at radius 1 is 1.18 bits per heavy atom. The molecule has 148 valence electrons. The molecule has 0 spiro atoms. The van der Waals surface area contributed by atoms with Crippen LogP contribution in [0.2, 0.25) is 5.02 Å². The van der Waals surface area contributed by atoms with Gasteiger partial charge in [-0.3, -0.25) is 13.9 Å². The Kier molecular flexibility index (Phi) is 5.21. The fourth-order valence-electron chi connectivity index (χ4n) is 3.46. The Morgan fingerprint density at radius 2 is 1.82 bits per heavy atom.